The summed E-state index contributed by atoms with van der Waals surface area (Å²) in [7, 11) is 0. The average molecular weight is 663 g/mol. The molecular weight excluding hydrogens is 637 g/mol. The maximum absolute atomic E-state index is 13.3. The van der Waals surface area contributed by atoms with Crippen molar-refractivity contribution in [2.45, 2.75) is 24.9 Å². The summed E-state index contributed by atoms with van der Waals surface area (Å²) in [5.41, 5.74) is -3.68. The lowest BCUT2D eigenvalue weighted by molar-refractivity contribution is -0.143. The van der Waals surface area contributed by atoms with Gasteiger partial charge in [-0.3, -0.25) is 19.4 Å². The van der Waals surface area contributed by atoms with E-state index in [9.17, 15) is 35.9 Å². The van der Waals surface area contributed by atoms with Crippen molar-refractivity contribution in [2.75, 3.05) is 39.3 Å². The van der Waals surface area contributed by atoms with Gasteiger partial charge in [0.05, 0.1) is 40.3 Å². The lowest BCUT2D eigenvalue weighted by Crippen LogP contribution is -2.50. The van der Waals surface area contributed by atoms with E-state index in [1.165, 1.54) is 18.2 Å². The Bertz CT molecular complexity index is 1430. The van der Waals surface area contributed by atoms with E-state index in [2.05, 4.69) is 25.5 Å². The van der Waals surface area contributed by atoms with Crippen LogP contribution in [0.15, 0.2) is 54.9 Å². The molecule has 0 aliphatic carbocycles. The van der Waals surface area contributed by atoms with Gasteiger partial charge in [0.2, 0.25) is 5.91 Å². The highest BCUT2D eigenvalue weighted by Crippen LogP contribution is 2.36. The Morgan fingerprint density at radius 1 is 0.841 bits per heavy atom. The van der Waals surface area contributed by atoms with Crippen molar-refractivity contribution in [3.05, 3.63) is 93.0 Å². The fourth-order valence-corrected chi connectivity index (χ4v) is 4.83. The first kappa shape index (κ1) is 33.4. The van der Waals surface area contributed by atoms with Crippen LogP contribution < -0.4 is 10.6 Å². The number of halogens is 8. The van der Waals surface area contributed by atoms with Crippen LogP contribution in [0.25, 0.3) is 0 Å². The molecule has 4 rings (SSSR count). The van der Waals surface area contributed by atoms with Crippen molar-refractivity contribution in [3.63, 3.8) is 0 Å². The molecule has 1 unspecified atom stereocenters. The normalized spacial score (nSPS) is 15.5. The molecule has 1 aromatic heterocycles. The SMILES string of the molecule is O=C(CN1CCN(Cc2ncccn2)CC1)NC(CNC(=O)c1cc(C(F)(F)F)cc(C(F)(F)F)c1)c1ccc(Cl)c(Cl)c1. The third-order valence-corrected chi connectivity index (χ3v) is 7.55. The van der Waals surface area contributed by atoms with Crippen LogP contribution in [0.3, 0.4) is 0 Å². The third kappa shape index (κ3) is 9.27. The monoisotopic (exact) mass is 662 g/mol. The van der Waals surface area contributed by atoms with Gasteiger partial charge in [-0.05, 0) is 42.0 Å². The predicted octanol–water partition coefficient (Wildman–Crippen LogP) is 5.23. The number of nitrogens with one attached hydrogen (secondary N) is 2. The number of nitrogens with zero attached hydrogens (tertiary/aromatic N) is 4. The Morgan fingerprint density at radius 2 is 1.43 bits per heavy atom. The molecule has 44 heavy (non-hydrogen) atoms. The van der Waals surface area contributed by atoms with E-state index in [1.54, 1.807) is 18.5 Å². The maximum atomic E-state index is 13.3. The smallest absolute Gasteiger partial charge is 0.350 e. The summed E-state index contributed by atoms with van der Waals surface area (Å²) in [4.78, 5) is 38.3. The van der Waals surface area contributed by atoms with E-state index in [4.69, 9.17) is 23.2 Å². The van der Waals surface area contributed by atoms with Crippen LogP contribution in [-0.2, 0) is 23.7 Å². The van der Waals surface area contributed by atoms with Crippen molar-refractivity contribution in [3.8, 4) is 0 Å². The van der Waals surface area contributed by atoms with E-state index in [1.807, 2.05) is 4.90 Å². The Hall–Kier alpha value is -3.46. The van der Waals surface area contributed by atoms with Gasteiger partial charge in [-0.1, -0.05) is 29.3 Å². The summed E-state index contributed by atoms with van der Waals surface area (Å²) < 4.78 is 79.7. The molecule has 1 aliphatic rings. The van der Waals surface area contributed by atoms with Crippen LogP contribution >= 0.6 is 23.2 Å². The summed E-state index contributed by atoms with van der Waals surface area (Å²) >= 11 is 12.1. The largest absolute Gasteiger partial charge is 0.416 e. The maximum Gasteiger partial charge on any atom is 0.416 e. The van der Waals surface area contributed by atoms with Crippen LogP contribution in [0, 0.1) is 0 Å². The van der Waals surface area contributed by atoms with Gasteiger partial charge in [-0.15, -0.1) is 0 Å². The summed E-state index contributed by atoms with van der Waals surface area (Å²) in [5, 5.41) is 5.45. The molecule has 1 atom stereocenters. The fourth-order valence-electron chi connectivity index (χ4n) is 4.52. The minimum absolute atomic E-state index is 0.00398. The number of amides is 2. The van der Waals surface area contributed by atoms with Gasteiger partial charge < -0.3 is 10.6 Å². The molecule has 1 fully saturated rings. The Balaban J connectivity index is 1.43. The molecule has 0 radical (unpaired) electrons. The molecule has 0 saturated carbocycles. The highest BCUT2D eigenvalue weighted by atomic mass is 35.5. The van der Waals surface area contributed by atoms with Gasteiger partial charge in [0.25, 0.3) is 5.91 Å². The fraction of sp³-hybridized carbons (Fsp3) is 0.357. The van der Waals surface area contributed by atoms with Crippen LogP contribution in [0.5, 0.6) is 0 Å². The predicted molar refractivity (Wildman–Crippen MR) is 150 cm³/mol. The van der Waals surface area contributed by atoms with Gasteiger partial charge in [-0.2, -0.15) is 26.3 Å². The van der Waals surface area contributed by atoms with E-state index >= 15 is 0 Å². The highest BCUT2D eigenvalue weighted by Gasteiger charge is 2.37. The molecule has 1 saturated heterocycles. The number of hydrogen-bond donors (Lipinski definition) is 2. The van der Waals surface area contributed by atoms with Crippen molar-refractivity contribution in [1.82, 2.24) is 30.4 Å². The number of piperazine rings is 1. The number of hydrogen-bond acceptors (Lipinski definition) is 6. The van der Waals surface area contributed by atoms with Crippen molar-refractivity contribution in [1.29, 1.82) is 0 Å². The molecule has 1 aliphatic heterocycles. The van der Waals surface area contributed by atoms with Gasteiger partial charge in [0.1, 0.15) is 5.82 Å². The number of carbonyl (C=O) groups excluding carboxylic acids is 2. The van der Waals surface area contributed by atoms with E-state index in [0.29, 0.717) is 56.2 Å². The summed E-state index contributed by atoms with van der Waals surface area (Å²) in [6.07, 6.45) is -6.91. The minimum atomic E-state index is -5.12. The second-order valence-electron chi connectivity index (χ2n) is 10.0. The lowest BCUT2D eigenvalue weighted by atomic mass is 10.0. The topological polar surface area (TPSA) is 90.5 Å². The molecule has 2 amide bonds. The Labute approximate surface area is 258 Å². The van der Waals surface area contributed by atoms with E-state index < -0.39 is 46.9 Å². The van der Waals surface area contributed by atoms with Gasteiger partial charge >= 0.3 is 12.4 Å². The van der Waals surface area contributed by atoms with Gasteiger partial charge in [0, 0.05) is 50.7 Å². The third-order valence-electron chi connectivity index (χ3n) is 6.81. The molecular formula is C28H26Cl2F6N6O2. The number of carbonyl (C=O) groups is 2. The lowest BCUT2D eigenvalue weighted by Gasteiger charge is -2.34. The number of rotatable bonds is 9. The Kier molecular flexibility index (Phi) is 10.7. The molecule has 2 aromatic carbocycles. The zero-order chi connectivity index (χ0) is 32.1. The zero-order valence-electron chi connectivity index (χ0n) is 22.9. The van der Waals surface area contributed by atoms with Crippen LogP contribution in [0.2, 0.25) is 10.0 Å². The van der Waals surface area contributed by atoms with Crippen molar-refractivity contribution in [2.24, 2.45) is 0 Å². The molecule has 0 bridgehead atoms. The first-order chi connectivity index (χ1) is 20.7. The molecule has 236 valence electrons. The minimum Gasteiger partial charge on any atom is -0.350 e. The summed E-state index contributed by atoms with van der Waals surface area (Å²) in [5.74, 6) is -0.932. The van der Waals surface area contributed by atoms with Crippen LogP contribution in [0.1, 0.15) is 38.9 Å². The molecule has 0 spiro atoms. The van der Waals surface area contributed by atoms with Crippen LogP contribution in [-0.4, -0.2) is 70.9 Å². The quantitative estimate of drug-likeness (QED) is 0.305. The molecule has 2 N–H and O–H groups in total. The molecule has 16 heteroatoms. The average Bonchev–Trinajstić information content (AvgIpc) is 2.97. The first-order valence-corrected chi connectivity index (χ1v) is 14.0. The molecule has 8 nitrogen and oxygen atoms in total. The molecule has 2 heterocycles. The standard InChI is InChI=1S/C28H26Cl2F6N6O2/c29-21-3-2-17(12-22(21)30)23(14-39-26(44)18-10-19(27(31,32)33)13-20(11-18)28(34,35)36)40-25(43)16-42-8-6-41(7-9-42)15-24-37-4-1-5-38-24/h1-5,10-13,23H,6-9,14-16H2,(H,39,44)(H,40,43). The second kappa shape index (κ2) is 14.1. The summed E-state index contributed by atoms with van der Waals surface area (Å²) in [6, 6.07) is 5.82. The zero-order valence-corrected chi connectivity index (χ0v) is 24.4. The second-order valence-corrected chi connectivity index (χ2v) is 10.8. The highest BCUT2D eigenvalue weighted by molar-refractivity contribution is 6.42. The number of alkyl halides is 6. The van der Waals surface area contributed by atoms with Crippen molar-refractivity contribution < 1.29 is 35.9 Å². The first-order valence-electron chi connectivity index (χ1n) is 13.2. The van der Waals surface area contributed by atoms with E-state index in [0.717, 1.165) is 0 Å². The Morgan fingerprint density at radius 3 is 2.00 bits per heavy atom. The van der Waals surface area contributed by atoms with Crippen molar-refractivity contribution >= 4 is 35.0 Å². The number of benzene rings is 2. The van der Waals surface area contributed by atoms with Crippen LogP contribution in [0.4, 0.5) is 26.3 Å². The molecule has 3 aromatic rings. The summed E-state index contributed by atoms with van der Waals surface area (Å²) in [6.45, 7) is 2.67. The van der Waals surface area contributed by atoms with E-state index in [-0.39, 0.29) is 29.2 Å². The van der Waals surface area contributed by atoms with Gasteiger partial charge in [-0.25, -0.2) is 9.97 Å². The number of aromatic nitrogens is 2. The van der Waals surface area contributed by atoms with Gasteiger partial charge in [0.15, 0.2) is 0 Å².